The van der Waals surface area contributed by atoms with Gasteiger partial charge in [-0.2, -0.15) is 16.8 Å². The zero-order valence-electron chi connectivity index (χ0n) is 15.5. The van der Waals surface area contributed by atoms with E-state index < -0.39 is 41.5 Å². The van der Waals surface area contributed by atoms with E-state index in [1.807, 2.05) is 18.2 Å². The van der Waals surface area contributed by atoms with Crippen molar-refractivity contribution in [2.45, 2.75) is 9.79 Å². The Labute approximate surface area is 176 Å². The van der Waals surface area contributed by atoms with Crippen molar-refractivity contribution in [2.24, 2.45) is 10.2 Å². The highest BCUT2D eigenvalue weighted by atomic mass is 32.2. The molecule has 3 N–H and O–H groups in total. The number of phenolic OH excluding ortho intramolecular Hbond substituents is 1. The van der Waals surface area contributed by atoms with Crippen molar-refractivity contribution in [3.63, 3.8) is 0 Å². The number of rotatable bonds is 4. The van der Waals surface area contributed by atoms with Crippen LogP contribution in [0.5, 0.6) is 5.75 Å². The normalized spacial score (nSPS) is 12.7. The third-order valence-corrected chi connectivity index (χ3v) is 6.38. The summed E-state index contributed by atoms with van der Waals surface area (Å²) < 4.78 is 66.5. The molecular formula is C20H14N2O7S2. The number of hydrogen-bond donors (Lipinski definition) is 3. The minimum atomic E-state index is -4.87. The predicted molar refractivity (Wildman–Crippen MR) is 113 cm³/mol. The summed E-state index contributed by atoms with van der Waals surface area (Å²) in [6.45, 7) is 0. The topological polar surface area (TPSA) is 154 Å². The fourth-order valence-corrected chi connectivity index (χ4v) is 4.65. The van der Waals surface area contributed by atoms with Gasteiger partial charge in [0.05, 0.1) is 5.69 Å². The van der Waals surface area contributed by atoms with Crippen LogP contribution in [0.2, 0.25) is 0 Å². The zero-order chi connectivity index (χ0) is 22.4. The molecule has 0 spiro atoms. The standard InChI is InChI=1S/C20H14N2O7S2/c23-20-18-13(7-4-10-16(18)30(24,25)26)11-17(31(27,28)29)19(20)22-21-15-9-3-6-12-5-1-2-8-14(12)15/h1-11,23H,(H,24,25,26)(H,27,28,29). The van der Waals surface area contributed by atoms with E-state index in [1.54, 1.807) is 24.3 Å². The van der Waals surface area contributed by atoms with Crippen LogP contribution in [0.3, 0.4) is 0 Å². The summed E-state index contributed by atoms with van der Waals surface area (Å²) in [4.78, 5) is -1.42. The van der Waals surface area contributed by atoms with Crippen molar-refractivity contribution in [3.05, 3.63) is 66.7 Å². The molecule has 11 heteroatoms. The van der Waals surface area contributed by atoms with E-state index >= 15 is 0 Å². The molecule has 0 atom stereocenters. The Morgan fingerprint density at radius 2 is 1.29 bits per heavy atom. The van der Waals surface area contributed by atoms with Gasteiger partial charge in [0, 0.05) is 10.8 Å². The van der Waals surface area contributed by atoms with E-state index in [0.717, 1.165) is 17.5 Å². The van der Waals surface area contributed by atoms with Gasteiger partial charge in [-0.1, -0.05) is 48.5 Å². The average Bonchev–Trinajstić information content (AvgIpc) is 2.71. The first-order valence-corrected chi connectivity index (χ1v) is 11.6. The maximum Gasteiger partial charge on any atom is 0.296 e. The molecule has 0 aromatic heterocycles. The monoisotopic (exact) mass is 458 g/mol. The maximum absolute atomic E-state index is 11.9. The molecule has 0 radical (unpaired) electrons. The Morgan fingerprint density at radius 1 is 0.677 bits per heavy atom. The van der Waals surface area contributed by atoms with Crippen molar-refractivity contribution >= 4 is 53.2 Å². The SMILES string of the molecule is O=S(=O)(O)c1cc2cccc(S(=O)(=O)O)c2c(O)c1N=Nc1cccc2ccccc12. The van der Waals surface area contributed by atoms with E-state index in [2.05, 4.69) is 10.2 Å². The average molecular weight is 458 g/mol. The molecule has 4 aromatic rings. The van der Waals surface area contributed by atoms with Gasteiger partial charge >= 0.3 is 0 Å². The number of phenols is 1. The molecule has 0 saturated heterocycles. The van der Waals surface area contributed by atoms with Crippen molar-refractivity contribution in [1.29, 1.82) is 0 Å². The highest BCUT2D eigenvalue weighted by molar-refractivity contribution is 7.86. The Bertz CT molecular complexity index is 1590. The minimum absolute atomic E-state index is 0.0515. The van der Waals surface area contributed by atoms with Crippen LogP contribution in [0.15, 0.2) is 86.7 Å². The Hall–Kier alpha value is -3.38. The van der Waals surface area contributed by atoms with Crippen LogP contribution in [-0.4, -0.2) is 31.0 Å². The lowest BCUT2D eigenvalue weighted by atomic mass is 10.1. The van der Waals surface area contributed by atoms with Gasteiger partial charge in [-0.3, -0.25) is 9.11 Å². The van der Waals surface area contributed by atoms with Gasteiger partial charge in [0.2, 0.25) is 0 Å². The Morgan fingerprint density at radius 3 is 2.00 bits per heavy atom. The highest BCUT2D eigenvalue weighted by Gasteiger charge is 2.26. The number of fused-ring (bicyclic) bond motifs is 2. The summed E-state index contributed by atoms with van der Waals surface area (Å²) in [6, 6.07) is 16.9. The molecule has 0 aliphatic carbocycles. The van der Waals surface area contributed by atoms with Crippen LogP contribution < -0.4 is 0 Å². The first kappa shape index (κ1) is 20.9. The lowest BCUT2D eigenvalue weighted by Gasteiger charge is -2.11. The van der Waals surface area contributed by atoms with E-state index in [4.69, 9.17) is 0 Å². The molecule has 0 saturated carbocycles. The van der Waals surface area contributed by atoms with Gasteiger partial charge in [-0.05, 0) is 29.0 Å². The molecule has 0 unspecified atom stereocenters. The molecule has 0 fully saturated rings. The molecular weight excluding hydrogens is 444 g/mol. The second-order valence-electron chi connectivity index (χ2n) is 6.57. The molecule has 0 amide bonds. The minimum Gasteiger partial charge on any atom is -0.505 e. The summed E-state index contributed by atoms with van der Waals surface area (Å²) >= 11 is 0. The second kappa shape index (κ2) is 7.39. The first-order valence-electron chi connectivity index (χ1n) is 8.70. The zero-order valence-corrected chi connectivity index (χ0v) is 17.2. The Kier molecular flexibility index (Phi) is 4.98. The molecule has 4 rings (SSSR count). The molecule has 0 heterocycles. The van der Waals surface area contributed by atoms with Gasteiger partial charge in [0.15, 0.2) is 5.75 Å². The summed E-state index contributed by atoms with van der Waals surface area (Å²) in [7, 11) is -9.63. The number of azo groups is 1. The number of hydrogen-bond acceptors (Lipinski definition) is 7. The van der Waals surface area contributed by atoms with Gasteiger partial charge in [-0.25, -0.2) is 0 Å². The molecule has 0 bridgehead atoms. The first-order chi connectivity index (χ1) is 14.6. The lowest BCUT2D eigenvalue weighted by molar-refractivity contribution is 0.469. The third-order valence-electron chi connectivity index (χ3n) is 4.62. The van der Waals surface area contributed by atoms with Crippen molar-refractivity contribution in [2.75, 3.05) is 0 Å². The van der Waals surface area contributed by atoms with E-state index in [0.29, 0.717) is 11.1 Å². The summed E-state index contributed by atoms with van der Waals surface area (Å²) in [5.41, 5.74) is -0.319. The fraction of sp³-hybridized carbons (Fsp3) is 0. The van der Waals surface area contributed by atoms with Crippen LogP contribution in [0.25, 0.3) is 21.5 Å². The molecule has 4 aromatic carbocycles. The highest BCUT2D eigenvalue weighted by Crippen LogP contribution is 2.44. The van der Waals surface area contributed by atoms with Gasteiger partial charge in [0.25, 0.3) is 20.2 Å². The molecule has 0 aliphatic heterocycles. The smallest absolute Gasteiger partial charge is 0.296 e. The van der Waals surface area contributed by atoms with Crippen molar-refractivity contribution in [1.82, 2.24) is 0 Å². The lowest BCUT2D eigenvalue weighted by Crippen LogP contribution is -2.02. The number of nitrogens with zero attached hydrogens (tertiary/aromatic N) is 2. The van der Waals surface area contributed by atoms with Crippen LogP contribution >= 0.6 is 0 Å². The Balaban J connectivity index is 2.04. The fourth-order valence-electron chi connectivity index (χ4n) is 3.27. The molecule has 9 nitrogen and oxygen atoms in total. The quantitative estimate of drug-likeness (QED) is 0.298. The van der Waals surface area contributed by atoms with E-state index in [1.165, 1.54) is 12.1 Å². The predicted octanol–water partition coefficient (Wildman–Crippen LogP) is 4.61. The second-order valence-corrected chi connectivity index (χ2v) is 9.35. The summed E-state index contributed by atoms with van der Waals surface area (Å²) in [5, 5.41) is 19.7. The van der Waals surface area contributed by atoms with E-state index in [-0.39, 0.29) is 10.8 Å². The van der Waals surface area contributed by atoms with Gasteiger partial charge < -0.3 is 5.11 Å². The van der Waals surface area contributed by atoms with Crippen LogP contribution in [0.1, 0.15) is 0 Å². The van der Waals surface area contributed by atoms with Crippen molar-refractivity contribution in [3.8, 4) is 5.75 Å². The van der Waals surface area contributed by atoms with Gasteiger partial charge in [0.1, 0.15) is 15.5 Å². The van der Waals surface area contributed by atoms with Gasteiger partial charge in [-0.15, -0.1) is 10.2 Å². The van der Waals surface area contributed by atoms with Crippen LogP contribution in [0.4, 0.5) is 11.4 Å². The molecule has 31 heavy (non-hydrogen) atoms. The summed E-state index contributed by atoms with van der Waals surface area (Å²) in [5.74, 6) is -0.873. The van der Waals surface area contributed by atoms with E-state index in [9.17, 15) is 31.0 Å². The molecule has 158 valence electrons. The van der Waals surface area contributed by atoms with Crippen LogP contribution in [-0.2, 0) is 20.2 Å². The van der Waals surface area contributed by atoms with Crippen LogP contribution in [0, 0.1) is 0 Å². The number of aromatic hydroxyl groups is 1. The third kappa shape index (κ3) is 3.86. The maximum atomic E-state index is 11.9. The molecule has 0 aliphatic rings. The van der Waals surface area contributed by atoms with Crippen molar-refractivity contribution < 1.29 is 31.0 Å². The summed E-state index contributed by atoms with van der Waals surface area (Å²) in [6.07, 6.45) is 0. The number of benzene rings is 4. The largest absolute Gasteiger partial charge is 0.505 e.